The first-order valence-corrected chi connectivity index (χ1v) is 21.4. The third-order valence-electron chi connectivity index (χ3n) is 11.3. The van der Waals surface area contributed by atoms with Crippen LogP contribution in [0.1, 0.15) is 155 Å². The first kappa shape index (κ1) is 40.8. The Kier molecular flexibility index (Phi) is 16.5. The van der Waals surface area contributed by atoms with Crippen LogP contribution in [0.4, 0.5) is 0 Å². The molecular formula is C51H60Cl2. The van der Waals surface area contributed by atoms with E-state index < -0.39 is 0 Å². The van der Waals surface area contributed by atoms with Crippen LogP contribution in [0.2, 0.25) is 10.0 Å². The van der Waals surface area contributed by atoms with Crippen LogP contribution in [0.25, 0.3) is 0 Å². The van der Waals surface area contributed by atoms with E-state index in [1.165, 1.54) is 97.6 Å². The molecule has 0 unspecified atom stereocenters. The summed E-state index contributed by atoms with van der Waals surface area (Å²) in [7, 11) is 0. The van der Waals surface area contributed by atoms with Crippen LogP contribution in [0.5, 0.6) is 0 Å². The Morgan fingerprint density at radius 2 is 0.868 bits per heavy atom. The van der Waals surface area contributed by atoms with Gasteiger partial charge in [-0.2, -0.15) is 0 Å². The number of halogens is 2. The third-order valence-corrected chi connectivity index (χ3v) is 12.0. The third kappa shape index (κ3) is 12.6. The van der Waals surface area contributed by atoms with Crippen molar-refractivity contribution in [2.75, 3.05) is 0 Å². The van der Waals surface area contributed by atoms with Gasteiger partial charge in [0.1, 0.15) is 0 Å². The number of aryl methyl sites for hydroxylation is 4. The number of hydrogen-bond acceptors (Lipinski definition) is 0. The topological polar surface area (TPSA) is 0 Å². The second-order valence-electron chi connectivity index (χ2n) is 15.3. The first-order valence-electron chi connectivity index (χ1n) is 20.7. The zero-order valence-electron chi connectivity index (χ0n) is 32.8. The summed E-state index contributed by atoms with van der Waals surface area (Å²) in [5.41, 5.74) is 10.5. The highest BCUT2D eigenvalue weighted by atomic mass is 35.5. The molecule has 0 heterocycles. The van der Waals surface area contributed by atoms with Gasteiger partial charge in [0.2, 0.25) is 0 Å². The summed E-state index contributed by atoms with van der Waals surface area (Å²) in [6.45, 7) is 8.81. The Balaban J connectivity index is 0.000000204. The molecule has 6 rings (SSSR count). The van der Waals surface area contributed by atoms with E-state index in [0.717, 1.165) is 53.3 Å². The van der Waals surface area contributed by atoms with Gasteiger partial charge in [-0.3, -0.25) is 0 Å². The number of benzene rings is 4. The van der Waals surface area contributed by atoms with Crippen LogP contribution in [0, 0.1) is 35.5 Å². The normalized spacial score (nSPS) is 19.5. The van der Waals surface area contributed by atoms with Gasteiger partial charge in [-0.1, -0.05) is 155 Å². The minimum atomic E-state index is 0.523. The quantitative estimate of drug-likeness (QED) is 0.150. The second kappa shape index (κ2) is 21.5. The molecule has 0 nitrogen and oxygen atoms in total. The highest BCUT2D eigenvalue weighted by Gasteiger charge is 2.22. The van der Waals surface area contributed by atoms with Crippen molar-refractivity contribution >= 4 is 23.2 Å². The molecule has 278 valence electrons. The van der Waals surface area contributed by atoms with Gasteiger partial charge in [0.05, 0.1) is 0 Å². The van der Waals surface area contributed by atoms with Crippen molar-refractivity contribution in [3.8, 4) is 23.7 Å². The van der Waals surface area contributed by atoms with Crippen molar-refractivity contribution in [1.29, 1.82) is 0 Å². The molecular weight excluding hydrogens is 683 g/mol. The van der Waals surface area contributed by atoms with Crippen LogP contribution < -0.4 is 0 Å². The van der Waals surface area contributed by atoms with E-state index >= 15 is 0 Å². The Bertz CT molecular complexity index is 1830. The SMILES string of the molecule is CCCc1ccc(C#C[C@H]2CC[C@H](c3ccc(CC)cc3)CC2)cc1Cl.CCCc1ccc([C@H]2CC[C@H](C#Cc3ccc(CCC)c(Cl)c3)CC2)cc1. The van der Waals surface area contributed by atoms with Crippen molar-refractivity contribution in [2.45, 2.75) is 136 Å². The summed E-state index contributed by atoms with van der Waals surface area (Å²) in [6, 6.07) is 31.1. The summed E-state index contributed by atoms with van der Waals surface area (Å²) < 4.78 is 0. The molecule has 0 amide bonds. The van der Waals surface area contributed by atoms with Gasteiger partial charge in [0.15, 0.2) is 0 Å². The summed E-state index contributed by atoms with van der Waals surface area (Å²) in [4.78, 5) is 0. The largest absolute Gasteiger partial charge is 0.0945 e. The number of hydrogen-bond donors (Lipinski definition) is 0. The van der Waals surface area contributed by atoms with Crippen molar-refractivity contribution in [3.05, 3.63) is 139 Å². The van der Waals surface area contributed by atoms with Gasteiger partial charge in [-0.25, -0.2) is 0 Å². The molecule has 2 saturated carbocycles. The zero-order valence-corrected chi connectivity index (χ0v) is 34.3. The molecule has 0 bridgehead atoms. The average Bonchev–Trinajstić information content (AvgIpc) is 3.19. The minimum Gasteiger partial charge on any atom is -0.0945 e. The standard InChI is InChI=1S/C26H31Cl.C25H29Cl/c1-3-5-20-9-14-23(15-10-20)24-16-11-21(12-17-24)7-8-22-13-18-25(6-4-2)26(27)19-22;1-3-5-24-17-12-21(18-25(24)26)7-6-20-10-15-23(16-11-20)22-13-8-19(4-2)9-14-22/h9-10,13-15,18-19,21,24H,3-6,11-12,16-17H2,1-2H3;8-9,12-14,17-18,20,23H,3-5,10-11,15-16H2,1-2H3/t21-,24-;20-,23-. The monoisotopic (exact) mass is 742 g/mol. The summed E-state index contributed by atoms with van der Waals surface area (Å²) in [5, 5.41) is 1.72. The zero-order chi connectivity index (χ0) is 37.4. The summed E-state index contributed by atoms with van der Waals surface area (Å²) in [6.07, 6.45) is 17.7. The molecule has 0 spiro atoms. The maximum atomic E-state index is 6.38. The van der Waals surface area contributed by atoms with E-state index in [0.29, 0.717) is 23.7 Å². The van der Waals surface area contributed by atoms with Crippen molar-refractivity contribution in [2.24, 2.45) is 11.8 Å². The van der Waals surface area contributed by atoms with Gasteiger partial charge < -0.3 is 0 Å². The predicted molar refractivity (Wildman–Crippen MR) is 230 cm³/mol. The highest BCUT2D eigenvalue weighted by Crippen LogP contribution is 2.37. The Morgan fingerprint density at radius 1 is 0.472 bits per heavy atom. The summed E-state index contributed by atoms with van der Waals surface area (Å²) >= 11 is 12.8. The average molecular weight is 744 g/mol. The molecule has 0 saturated heterocycles. The molecule has 0 atom stereocenters. The molecule has 2 heteroatoms. The lowest BCUT2D eigenvalue weighted by Gasteiger charge is -2.26. The lowest BCUT2D eigenvalue weighted by Crippen LogP contribution is -2.12. The fraction of sp³-hybridized carbons (Fsp3) is 0.451. The van der Waals surface area contributed by atoms with E-state index in [1.807, 2.05) is 12.1 Å². The van der Waals surface area contributed by atoms with Crippen LogP contribution in [-0.4, -0.2) is 0 Å². The molecule has 53 heavy (non-hydrogen) atoms. The Hall–Kier alpha value is -3.42. The van der Waals surface area contributed by atoms with Gasteiger partial charge in [0, 0.05) is 33.0 Å². The predicted octanol–water partition coefficient (Wildman–Crippen LogP) is 14.8. The van der Waals surface area contributed by atoms with Crippen LogP contribution >= 0.6 is 23.2 Å². The first-order chi connectivity index (χ1) is 25.9. The highest BCUT2D eigenvalue weighted by molar-refractivity contribution is 6.31. The van der Waals surface area contributed by atoms with E-state index in [1.54, 1.807) is 0 Å². The van der Waals surface area contributed by atoms with Crippen molar-refractivity contribution < 1.29 is 0 Å². The minimum absolute atomic E-state index is 0.523. The molecule has 0 aromatic heterocycles. The maximum absolute atomic E-state index is 6.38. The van der Waals surface area contributed by atoms with E-state index in [-0.39, 0.29) is 0 Å². The van der Waals surface area contributed by atoms with Crippen molar-refractivity contribution in [1.82, 2.24) is 0 Å². The molecule has 4 aromatic carbocycles. The fourth-order valence-electron chi connectivity index (χ4n) is 7.98. The fourth-order valence-corrected chi connectivity index (χ4v) is 8.53. The molecule has 2 fully saturated rings. The molecule has 0 aliphatic heterocycles. The van der Waals surface area contributed by atoms with Crippen LogP contribution in [0.3, 0.4) is 0 Å². The summed E-state index contributed by atoms with van der Waals surface area (Å²) in [5.74, 6) is 16.2. The van der Waals surface area contributed by atoms with Gasteiger partial charge in [0.25, 0.3) is 0 Å². The Labute approximate surface area is 332 Å². The molecule has 4 aromatic rings. The maximum Gasteiger partial charge on any atom is 0.0450 e. The smallest absolute Gasteiger partial charge is 0.0450 e. The van der Waals surface area contributed by atoms with Crippen LogP contribution in [0.15, 0.2) is 84.9 Å². The van der Waals surface area contributed by atoms with E-state index in [2.05, 4.69) is 124 Å². The van der Waals surface area contributed by atoms with Gasteiger partial charge >= 0.3 is 0 Å². The lowest BCUT2D eigenvalue weighted by molar-refractivity contribution is 0.384. The molecule has 2 aliphatic rings. The molecule has 2 aliphatic carbocycles. The Morgan fingerprint density at radius 3 is 1.23 bits per heavy atom. The van der Waals surface area contributed by atoms with Gasteiger partial charge in [-0.05, 0) is 147 Å². The van der Waals surface area contributed by atoms with E-state index in [9.17, 15) is 0 Å². The van der Waals surface area contributed by atoms with Gasteiger partial charge in [-0.15, -0.1) is 0 Å². The van der Waals surface area contributed by atoms with E-state index in [4.69, 9.17) is 23.2 Å². The van der Waals surface area contributed by atoms with Crippen molar-refractivity contribution in [3.63, 3.8) is 0 Å². The van der Waals surface area contributed by atoms with Crippen LogP contribution in [-0.2, 0) is 25.7 Å². The number of rotatable bonds is 9. The molecule has 0 radical (unpaired) electrons. The molecule has 0 N–H and O–H groups in total. The lowest BCUT2D eigenvalue weighted by atomic mass is 9.78. The second-order valence-corrected chi connectivity index (χ2v) is 16.1.